The van der Waals surface area contributed by atoms with Crippen LogP contribution in [0, 0.1) is 5.41 Å². The number of amides is 1. The number of ether oxygens (including phenoxy) is 2. The number of carbonyl (C=O) groups is 1. The summed E-state index contributed by atoms with van der Waals surface area (Å²) in [6.07, 6.45) is 4.93. The van der Waals surface area contributed by atoms with Gasteiger partial charge in [0, 0.05) is 58.1 Å². The highest BCUT2D eigenvalue weighted by Crippen LogP contribution is 2.25. The minimum atomic E-state index is -0.510. The second-order valence-electron chi connectivity index (χ2n) is 14.1. The van der Waals surface area contributed by atoms with Gasteiger partial charge in [0.25, 0.3) is 0 Å². The maximum Gasteiger partial charge on any atom is 0.225 e. The summed E-state index contributed by atoms with van der Waals surface area (Å²) in [7, 11) is 0. The molecule has 214 valence electrons. The third-order valence-corrected chi connectivity index (χ3v) is 7.29. The maximum absolute atomic E-state index is 12.9. The molecule has 1 amide bonds. The standard InChI is InChI=1S/C29H55N5O3/c1-23(2)32-14-16-33(17-15-32)25(35)21-29(10,11)37-19-13-27(6,7)34-22-24(30-31-34)20-28(8,9)36-18-12-26(3,4)5/h22-23H,12-21H2,1-11H3. The molecule has 0 bridgehead atoms. The molecule has 2 heterocycles. The predicted octanol–water partition coefficient (Wildman–Crippen LogP) is 4.92. The van der Waals surface area contributed by atoms with E-state index in [-0.39, 0.29) is 22.5 Å². The molecule has 0 aliphatic carbocycles. The number of nitrogens with zero attached hydrogens (tertiary/aromatic N) is 5. The van der Waals surface area contributed by atoms with Crippen molar-refractivity contribution in [3.8, 4) is 0 Å². The molecule has 0 aromatic carbocycles. The van der Waals surface area contributed by atoms with Crippen LogP contribution in [-0.4, -0.2) is 87.3 Å². The fraction of sp³-hybridized carbons (Fsp3) is 0.897. The molecule has 1 aromatic heterocycles. The minimum absolute atomic E-state index is 0.181. The SMILES string of the molecule is CC(C)N1CCN(C(=O)CC(C)(C)OCCC(C)(C)n2cc(CC(C)(C)OCCC(C)(C)C)nn2)CC1. The van der Waals surface area contributed by atoms with Gasteiger partial charge < -0.3 is 14.4 Å². The van der Waals surface area contributed by atoms with Gasteiger partial charge >= 0.3 is 0 Å². The second-order valence-corrected chi connectivity index (χ2v) is 14.1. The van der Waals surface area contributed by atoms with E-state index in [0.717, 1.165) is 51.3 Å². The first kappa shape index (κ1) is 31.7. The van der Waals surface area contributed by atoms with Crippen molar-refractivity contribution in [1.29, 1.82) is 0 Å². The largest absolute Gasteiger partial charge is 0.375 e. The van der Waals surface area contributed by atoms with Crippen LogP contribution in [0.2, 0.25) is 0 Å². The first-order valence-corrected chi connectivity index (χ1v) is 14.1. The van der Waals surface area contributed by atoms with Crippen LogP contribution in [-0.2, 0) is 26.2 Å². The van der Waals surface area contributed by atoms with Gasteiger partial charge in [0.15, 0.2) is 0 Å². The van der Waals surface area contributed by atoms with Gasteiger partial charge in [0.1, 0.15) is 0 Å². The third-order valence-electron chi connectivity index (χ3n) is 7.29. The Morgan fingerprint density at radius 2 is 1.46 bits per heavy atom. The van der Waals surface area contributed by atoms with Crippen molar-refractivity contribution in [2.75, 3.05) is 39.4 Å². The van der Waals surface area contributed by atoms with Crippen molar-refractivity contribution >= 4 is 5.91 Å². The Kier molecular flexibility index (Phi) is 10.8. The number of hydrogen-bond acceptors (Lipinski definition) is 6. The van der Waals surface area contributed by atoms with Crippen molar-refractivity contribution in [2.45, 2.75) is 125 Å². The van der Waals surface area contributed by atoms with Crippen molar-refractivity contribution < 1.29 is 14.3 Å². The van der Waals surface area contributed by atoms with Gasteiger partial charge in [0.2, 0.25) is 5.91 Å². The van der Waals surface area contributed by atoms with Crippen LogP contribution >= 0.6 is 0 Å². The Morgan fingerprint density at radius 3 is 2.03 bits per heavy atom. The van der Waals surface area contributed by atoms with E-state index in [4.69, 9.17) is 9.47 Å². The normalized spacial score (nSPS) is 16.6. The van der Waals surface area contributed by atoms with Crippen LogP contribution in [0.3, 0.4) is 0 Å². The maximum atomic E-state index is 12.9. The number of piperazine rings is 1. The Hall–Kier alpha value is -1.51. The zero-order valence-electron chi connectivity index (χ0n) is 25.7. The summed E-state index contributed by atoms with van der Waals surface area (Å²) in [6.45, 7) is 28.4. The van der Waals surface area contributed by atoms with E-state index in [1.54, 1.807) is 0 Å². The Balaban J connectivity index is 1.81. The van der Waals surface area contributed by atoms with Gasteiger partial charge in [-0.05, 0) is 73.6 Å². The van der Waals surface area contributed by atoms with Crippen LogP contribution in [0.25, 0.3) is 0 Å². The molecule has 0 atom stereocenters. The van der Waals surface area contributed by atoms with Gasteiger partial charge in [-0.15, -0.1) is 5.10 Å². The molecule has 1 fully saturated rings. The Morgan fingerprint density at radius 1 is 0.892 bits per heavy atom. The monoisotopic (exact) mass is 521 g/mol. The fourth-order valence-corrected chi connectivity index (χ4v) is 4.50. The highest BCUT2D eigenvalue weighted by molar-refractivity contribution is 5.77. The summed E-state index contributed by atoms with van der Waals surface area (Å²) in [5.74, 6) is 0.181. The summed E-state index contributed by atoms with van der Waals surface area (Å²) in [5.41, 5.74) is 0.131. The number of rotatable bonds is 13. The van der Waals surface area contributed by atoms with E-state index >= 15 is 0 Å². The zero-order chi connectivity index (χ0) is 28.1. The van der Waals surface area contributed by atoms with E-state index < -0.39 is 5.60 Å². The summed E-state index contributed by atoms with van der Waals surface area (Å²) in [6, 6.07) is 0.528. The van der Waals surface area contributed by atoms with E-state index in [2.05, 4.69) is 77.5 Å². The van der Waals surface area contributed by atoms with Gasteiger partial charge in [-0.1, -0.05) is 26.0 Å². The first-order valence-electron chi connectivity index (χ1n) is 14.1. The van der Waals surface area contributed by atoms with E-state index in [9.17, 15) is 4.79 Å². The average Bonchev–Trinajstić information content (AvgIpc) is 3.20. The predicted molar refractivity (Wildman–Crippen MR) is 150 cm³/mol. The molecule has 8 nitrogen and oxygen atoms in total. The summed E-state index contributed by atoms with van der Waals surface area (Å²) in [4.78, 5) is 17.3. The van der Waals surface area contributed by atoms with Crippen LogP contribution in [0.5, 0.6) is 0 Å². The molecule has 1 aromatic rings. The number of aromatic nitrogens is 3. The summed E-state index contributed by atoms with van der Waals surface area (Å²) >= 11 is 0. The van der Waals surface area contributed by atoms with Crippen LogP contribution in [0.4, 0.5) is 0 Å². The van der Waals surface area contributed by atoms with Crippen LogP contribution < -0.4 is 0 Å². The molecule has 0 saturated carbocycles. The van der Waals surface area contributed by atoms with E-state index in [1.165, 1.54) is 0 Å². The molecule has 37 heavy (non-hydrogen) atoms. The smallest absolute Gasteiger partial charge is 0.225 e. The highest BCUT2D eigenvalue weighted by Gasteiger charge is 2.30. The minimum Gasteiger partial charge on any atom is -0.375 e. The van der Waals surface area contributed by atoms with Gasteiger partial charge in [-0.3, -0.25) is 9.69 Å². The third kappa shape index (κ3) is 11.0. The van der Waals surface area contributed by atoms with Gasteiger partial charge in [0.05, 0.1) is 28.9 Å². The second kappa shape index (κ2) is 12.6. The summed E-state index contributed by atoms with van der Waals surface area (Å²) in [5, 5.41) is 8.85. The van der Waals surface area contributed by atoms with Gasteiger partial charge in [-0.25, -0.2) is 4.68 Å². The molecule has 0 N–H and O–H groups in total. The first-order chi connectivity index (χ1) is 16.9. The van der Waals surface area contributed by atoms with Crippen LogP contribution in [0.15, 0.2) is 6.20 Å². The van der Waals surface area contributed by atoms with Crippen molar-refractivity contribution in [2.24, 2.45) is 5.41 Å². The lowest BCUT2D eigenvalue weighted by Crippen LogP contribution is -2.51. The van der Waals surface area contributed by atoms with Crippen molar-refractivity contribution in [1.82, 2.24) is 24.8 Å². The molecule has 1 aliphatic rings. The molecule has 0 unspecified atom stereocenters. The van der Waals surface area contributed by atoms with Gasteiger partial charge in [-0.2, -0.15) is 0 Å². The van der Waals surface area contributed by atoms with Crippen molar-refractivity contribution in [3.63, 3.8) is 0 Å². The van der Waals surface area contributed by atoms with Crippen LogP contribution in [0.1, 0.15) is 101 Å². The molecule has 0 radical (unpaired) electrons. The lowest BCUT2D eigenvalue weighted by Gasteiger charge is -2.38. The molecular weight excluding hydrogens is 466 g/mol. The fourth-order valence-electron chi connectivity index (χ4n) is 4.50. The zero-order valence-corrected chi connectivity index (χ0v) is 25.7. The molecule has 1 saturated heterocycles. The van der Waals surface area contributed by atoms with E-state index in [0.29, 0.717) is 25.5 Å². The molecule has 0 spiro atoms. The molecule has 2 rings (SSSR count). The molecular formula is C29H55N5O3. The highest BCUT2D eigenvalue weighted by atomic mass is 16.5. The van der Waals surface area contributed by atoms with Crippen molar-refractivity contribution in [3.05, 3.63) is 11.9 Å². The van der Waals surface area contributed by atoms with E-state index in [1.807, 2.05) is 29.6 Å². The Labute approximate surface area is 226 Å². The lowest BCUT2D eigenvalue weighted by molar-refractivity contribution is -0.140. The quantitative estimate of drug-likeness (QED) is 0.367. The Bertz CT molecular complexity index is 846. The number of carbonyl (C=O) groups excluding carboxylic acids is 1. The summed E-state index contributed by atoms with van der Waals surface area (Å²) < 4.78 is 14.3. The topological polar surface area (TPSA) is 72.7 Å². The lowest BCUT2D eigenvalue weighted by atomic mass is 9.93. The molecule has 1 aliphatic heterocycles. The molecule has 8 heteroatoms. The number of hydrogen-bond donors (Lipinski definition) is 0. The average molecular weight is 522 g/mol.